The number of thiophene rings is 1. The predicted octanol–water partition coefficient (Wildman–Crippen LogP) is 2.82. The summed E-state index contributed by atoms with van der Waals surface area (Å²) in [4.78, 5) is 13.8. The molecule has 0 saturated carbocycles. The largest absolute Gasteiger partial charge is 0.478 e. The molecule has 19 heavy (non-hydrogen) atoms. The molecule has 0 saturated heterocycles. The van der Waals surface area contributed by atoms with Crippen LogP contribution in [0.15, 0.2) is 22.8 Å². The first-order chi connectivity index (χ1) is 9.24. The fraction of sp³-hybridized carbons (Fsp3) is 0.357. The van der Waals surface area contributed by atoms with Gasteiger partial charge in [-0.15, -0.1) is 11.3 Å². The van der Waals surface area contributed by atoms with E-state index < -0.39 is 5.97 Å². The second-order valence-electron chi connectivity index (χ2n) is 4.68. The molecule has 0 unspecified atom stereocenters. The molecule has 1 aliphatic carbocycles. The van der Waals surface area contributed by atoms with E-state index >= 15 is 0 Å². The van der Waals surface area contributed by atoms with Crippen molar-refractivity contribution in [3.05, 3.63) is 45.0 Å². The zero-order valence-corrected chi connectivity index (χ0v) is 11.3. The van der Waals surface area contributed by atoms with Crippen LogP contribution in [0.25, 0.3) is 0 Å². The minimum Gasteiger partial charge on any atom is -0.478 e. The Hall–Kier alpha value is -1.59. The first-order valence-corrected chi connectivity index (χ1v) is 7.16. The van der Waals surface area contributed by atoms with Crippen LogP contribution in [0.3, 0.4) is 0 Å². The average Bonchev–Trinajstić information content (AvgIpc) is 3.02. The summed E-state index contributed by atoms with van der Waals surface area (Å²) in [5.41, 5.74) is 1.73. The monoisotopic (exact) mass is 277 g/mol. The van der Waals surface area contributed by atoms with E-state index in [1.165, 1.54) is 46.9 Å². The molecule has 2 aromatic heterocycles. The van der Waals surface area contributed by atoms with Crippen molar-refractivity contribution in [2.75, 3.05) is 0 Å². The molecule has 1 aliphatic rings. The lowest BCUT2D eigenvalue weighted by Gasteiger charge is -2.02. The van der Waals surface area contributed by atoms with Crippen LogP contribution in [0.4, 0.5) is 0 Å². The predicted molar refractivity (Wildman–Crippen MR) is 72.6 cm³/mol. The Labute approximate surface area is 115 Å². The fourth-order valence-corrected chi connectivity index (χ4v) is 3.68. The Bertz CT molecular complexity index is 578. The van der Waals surface area contributed by atoms with Crippen LogP contribution in [-0.4, -0.2) is 11.1 Å². The third kappa shape index (κ3) is 2.57. The van der Waals surface area contributed by atoms with E-state index in [2.05, 4.69) is 11.4 Å². The number of hydrogen-bond donors (Lipinski definition) is 2. The maximum atomic E-state index is 10.9. The maximum Gasteiger partial charge on any atom is 0.339 e. The summed E-state index contributed by atoms with van der Waals surface area (Å²) >= 11 is 1.86. The highest BCUT2D eigenvalue weighted by molar-refractivity contribution is 7.12. The number of nitrogens with one attached hydrogen (secondary N) is 1. The standard InChI is InChI=1S/C14H15NO3S/c16-14(17)11-4-5-18-12(11)8-15-7-10-6-9-2-1-3-13(9)19-10/h4-6,15H,1-3,7-8H2,(H,16,17). The van der Waals surface area contributed by atoms with E-state index in [4.69, 9.17) is 9.52 Å². The molecule has 0 aromatic carbocycles. The quantitative estimate of drug-likeness (QED) is 0.882. The second-order valence-corrected chi connectivity index (χ2v) is 5.90. The summed E-state index contributed by atoms with van der Waals surface area (Å²) in [5, 5.41) is 12.2. The molecule has 0 atom stereocenters. The molecular weight excluding hydrogens is 262 g/mol. The molecule has 5 heteroatoms. The third-order valence-electron chi connectivity index (χ3n) is 3.36. The van der Waals surface area contributed by atoms with Gasteiger partial charge in [0.15, 0.2) is 0 Å². The Kier molecular flexibility index (Phi) is 3.40. The SMILES string of the molecule is O=C(O)c1ccoc1CNCc1cc2c(s1)CCC2. The van der Waals surface area contributed by atoms with Gasteiger partial charge in [-0.2, -0.15) is 0 Å². The molecule has 0 fully saturated rings. The molecular formula is C14H15NO3S. The summed E-state index contributed by atoms with van der Waals surface area (Å²) in [6.07, 6.45) is 5.11. The molecule has 100 valence electrons. The van der Waals surface area contributed by atoms with Crippen LogP contribution in [0.5, 0.6) is 0 Å². The molecule has 0 spiro atoms. The highest BCUT2D eigenvalue weighted by Crippen LogP contribution is 2.30. The minimum atomic E-state index is -0.944. The van der Waals surface area contributed by atoms with Crippen molar-refractivity contribution in [1.82, 2.24) is 5.32 Å². The molecule has 3 rings (SSSR count). The zero-order chi connectivity index (χ0) is 13.2. The van der Waals surface area contributed by atoms with E-state index in [1.807, 2.05) is 11.3 Å². The van der Waals surface area contributed by atoms with Crippen molar-refractivity contribution in [2.45, 2.75) is 32.4 Å². The smallest absolute Gasteiger partial charge is 0.339 e. The number of aromatic carboxylic acids is 1. The van der Waals surface area contributed by atoms with Gasteiger partial charge in [-0.1, -0.05) is 0 Å². The van der Waals surface area contributed by atoms with Gasteiger partial charge < -0.3 is 14.8 Å². The number of furan rings is 1. The molecule has 0 bridgehead atoms. The van der Waals surface area contributed by atoms with Gasteiger partial charge in [0.1, 0.15) is 11.3 Å². The van der Waals surface area contributed by atoms with Gasteiger partial charge >= 0.3 is 5.97 Å². The lowest BCUT2D eigenvalue weighted by Crippen LogP contribution is -2.13. The average molecular weight is 277 g/mol. The second kappa shape index (κ2) is 5.19. The van der Waals surface area contributed by atoms with Crippen molar-refractivity contribution in [3.8, 4) is 0 Å². The molecule has 2 heterocycles. The van der Waals surface area contributed by atoms with Crippen LogP contribution in [-0.2, 0) is 25.9 Å². The van der Waals surface area contributed by atoms with Crippen LogP contribution < -0.4 is 5.32 Å². The van der Waals surface area contributed by atoms with Crippen molar-refractivity contribution in [2.24, 2.45) is 0 Å². The lowest BCUT2D eigenvalue weighted by molar-refractivity contribution is 0.0694. The van der Waals surface area contributed by atoms with Crippen LogP contribution >= 0.6 is 11.3 Å². The number of hydrogen-bond acceptors (Lipinski definition) is 4. The van der Waals surface area contributed by atoms with Gasteiger partial charge in [0.25, 0.3) is 0 Å². The number of carboxylic acids is 1. The topological polar surface area (TPSA) is 62.5 Å². The zero-order valence-electron chi connectivity index (χ0n) is 10.4. The van der Waals surface area contributed by atoms with E-state index in [9.17, 15) is 4.79 Å². The Morgan fingerprint density at radius 2 is 2.32 bits per heavy atom. The summed E-state index contributed by atoms with van der Waals surface area (Å²) in [6.45, 7) is 1.20. The van der Waals surface area contributed by atoms with E-state index in [-0.39, 0.29) is 5.56 Å². The summed E-state index contributed by atoms with van der Waals surface area (Å²) < 4.78 is 5.19. The molecule has 0 aliphatic heterocycles. The van der Waals surface area contributed by atoms with Gasteiger partial charge in [0.05, 0.1) is 12.8 Å². The maximum absolute atomic E-state index is 10.9. The number of rotatable bonds is 5. The van der Waals surface area contributed by atoms with Gasteiger partial charge in [0.2, 0.25) is 0 Å². The van der Waals surface area contributed by atoms with Crippen molar-refractivity contribution >= 4 is 17.3 Å². The number of fused-ring (bicyclic) bond motifs is 1. The highest BCUT2D eigenvalue weighted by atomic mass is 32.1. The molecule has 4 nitrogen and oxygen atoms in total. The molecule has 2 aromatic rings. The van der Waals surface area contributed by atoms with E-state index in [1.54, 1.807) is 0 Å². The van der Waals surface area contributed by atoms with Crippen molar-refractivity contribution in [3.63, 3.8) is 0 Å². The van der Waals surface area contributed by atoms with E-state index in [0.717, 1.165) is 6.54 Å². The summed E-state index contributed by atoms with van der Waals surface area (Å²) in [6, 6.07) is 3.75. The number of aryl methyl sites for hydroxylation is 2. The number of carbonyl (C=O) groups is 1. The highest BCUT2D eigenvalue weighted by Gasteiger charge is 2.15. The van der Waals surface area contributed by atoms with E-state index in [0.29, 0.717) is 12.3 Å². The first kappa shape index (κ1) is 12.4. The fourth-order valence-electron chi connectivity index (χ4n) is 2.45. The third-order valence-corrected chi connectivity index (χ3v) is 4.60. The van der Waals surface area contributed by atoms with Crippen LogP contribution in [0, 0.1) is 0 Å². The van der Waals surface area contributed by atoms with Gasteiger partial charge in [-0.3, -0.25) is 0 Å². The molecule has 2 N–H and O–H groups in total. The number of carboxylic acid groups (broad SMARTS) is 1. The van der Waals surface area contributed by atoms with Gasteiger partial charge in [0, 0.05) is 16.3 Å². The Morgan fingerprint density at radius 3 is 3.11 bits per heavy atom. The first-order valence-electron chi connectivity index (χ1n) is 6.35. The Morgan fingerprint density at radius 1 is 1.42 bits per heavy atom. The lowest BCUT2D eigenvalue weighted by atomic mass is 10.2. The van der Waals surface area contributed by atoms with Crippen LogP contribution in [0.1, 0.15) is 37.9 Å². The summed E-state index contributed by atoms with van der Waals surface area (Å²) in [7, 11) is 0. The van der Waals surface area contributed by atoms with Crippen molar-refractivity contribution < 1.29 is 14.3 Å². The Balaban J connectivity index is 1.58. The molecule has 0 radical (unpaired) electrons. The van der Waals surface area contributed by atoms with Gasteiger partial charge in [-0.25, -0.2) is 4.79 Å². The van der Waals surface area contributed by atoms with Crippen LogP contribution in [0.2, 0.25) is 0 Å². The minimum absolute atomic E-state index is 0.237. The van der Waals surface area contributed by atoms with Crippen molar-refractivity contribution in [1.29, 1.82) is 0 Å². The summed E-state index contributed by atoms with van der Waals surface area (Å²) in [5.74, 6) is -0.461. The normalized spacial score (nSPS) is 13.7. The van der Waals surface area contributed by atoms with Gasteiger partial charge in [-0.05, 0) is 37.0 Å². The molecule has 0 amide bonds.